The third-order valence-electron chi connectivity index (χ3n) is 2.30. The minimum Gasteiger partial charge on any atom is -0.391 e. The van der Waals surface area contributed by atoms with E-state index in [9.17, 15) is 9.90 Å². The maximum Gasteiger partial charge on any atom is 0.159 e. The fraction of sp³-hybridized carbons (Fsp3) is 0.417. The molecule has 0 fully saturated rings. The molecule has 0 radical (unpaired) electrons. The Balaban J connectivity index is 2.53. The lowest BCUT2D eigenvalue weighted by atomic mass is 10.1. The highest BCUT2D eigenvalue weighted by Gasteiger charge is 2.01. The summed E-state index contributed by atoms with van der Waals surface area (Å²) >= 11 is 0. The summed E-state index contributed by atoms with van der Waals surface area (Å²) in [6.45, 7) is 4.02. The van der Waals surface area contributed by atoms with Crippen LogP contribution < -0.4 is 5.32 Å². The molecule has 0 spiro atoms. The van der Waals surface area contributed by atoms with Crippen LogP contribution in [0.5, 0.6) is 0 Å². The Morgan fingerprint density at radius 1 is 1.40 bits per heavy atom. The second kappa shape index (κ2) is 5.51. The van der Waals surface area contributed by atoms with Crippen molar-refractivity contribution < 1.29 is 9.90 Å². The van der Waals surface area contributed by atoms with E-state index < -0.39 is 0 Å². The van der Waals surface area contributed by atoms with E-state index >= 15 is 0 Å². The molecule has 2 N–H and O–H groups in total. The lowest BCUT2D eigenvalue weighted by molar-refractivity contribution is 0.101. The number of hydrogen-bond acceptors (Lipinski definition) is 3. The van der Waals surface area contributed by atoms with Gasteiger partial charge in [-0.15, -0.1) is 0 Å². The van der Waals surface area contributed by atoms with Crippen LogP contribution in [0.1, 0.15) is 30.6 Å². The Labute approximate surface area is 90.1 Å². The number of anilines is 1. The van der Waals surface area contributed by atoms with E-state index in [1.165, 1.54) is 0 Å². The van der Waals surface area contributed by atoms with Gasteiger partial charge < -0.3 is 10.4 Å². The molecular formula is C12H17NO2. The molecule has 1 unspecified atom stereocenters. The smallest absolute Gasteiger partial charge is 0.159 e. The normalized spacial score (nSPS) is 12.2. The summed E-state index contributed by atoms with van der Waals surface area (Å²) in [5, 5.41) is 12.4. The minimum absolute atomic E-state index is 0.0649. The van der Waals surface area contributed by atoms with Crippen LogP contribution in [0, 0.1) is 0 Å². The van der Waals surface area contributed by atoms with E-state index in [2.05, 4.69) is 5.32 Å². The van der Waals surface area contributed by atoms with Crippen LogP contribution in [-0.2, 0) is 0 Å². The molecular weight excluding hydrogens is 190 g/mol. The monoisotopic (exact) mass is 207 g/mol. The molecule has 0 aliphatic rings. The van der Waals surface area contributed by atoms with Gasteiger partial charge in [-0.3, -0.25) is 4.79 Å². The third-order valence-corrected chi connectivity index (χ3v) is 2.30. The van der Waals surface area contributed by atoms with Crippen LogP contribution in [0.3, 0.4) is 0 Å². The molecule has 3 heteroatoms. The van der Waals surface area contributed by atoms with Crippen molar-refractivity contribution in [2.24, 2.45) is 0 Å². The van der Waals surface area contributed by atoms with Gasteiger partial charge in [0.1, 0.15) is 0 Å². The van der Waals surface area contributed by atoms with E-state index in [1.54, 1.807) is 19.1 Å². The number of ketones is 1. The zero-order chi connectivity index (χ0) is 11.3. The Kier molecular flexibility index (Phi) is 4.31. The van der Waals surface area contributed by atoms with Gasteiger partial charge in [-0.1, -0.05) is 6.92 Å². The summed E-state index contributed by atoms with van der Waals surface area (Å²) in [6.07, 6.45) is 0.413. The van der Waals surface area contributed by atoms with Gasteiger partial charge in [-0.2, -0.15) is 0 Å². The van der Waals surface area contributed by atoms with Gasteiger partial charge in [0.2, 0.25) is 0 Å². The molecule has 1 rings (SSSR count). The summed E-state index contributed by atoms with van der Waals surface area (Å²) in [4.78, 5) is 11.0. The van der Waals surface area contributed by atoms with Crippen LogP contribution in [0.2, 0.25) is 0 Å². The first kappa shape index (κ1) is 11.7. The molecule has 1 atom stereocenters. The Bertz CT molecular complexity index is 319. The van der Waals surface area contributed by atoms with Crippen LogP contribution >= 0.6 is 0 Å². The highest BCUT2D eigenvalue weighted by Crippen LogP contribution is 2.10. The van der Waals surface area contributed by atoms with Gasteiger partial charge in [-0.05, 0) is 37.6 Å². The molecule has 3 nitrogen and oxygen atoms in total. The summed E-state index contributed by atoms with van der Waals surface area (Å²) in [7, 11) is 0. The van der Waals surface area contributed by atoms with Gasteiger partial charge in [0, 0.05) is 17.8 Å². The van der Waals surface area contributed by atoms with Crippen molar-refractivity contribution in [2.45, 2.75) is 26.4 Å². The van der Waals surface area contributed by atoms with E-state index in [4.69, 9.17) is 0 Å². The van der Waals surface area contributed by atoms with Crippen LogP contribution in [0.25, 0.3) is 0 Å². The van der Waals surface area contributed by atoms with Crippen molar-refractivity contribution in [2.75, 3.05) is 11.9 Å². The average Bonchev–Trinajstić information content (AvgIpc) is 2.26. The number of hydrogen-bond donors (Lipinski definition) is 2. The van der Waals surface area contributed by atoms with Crippen molar-refractivity contribution in [3.8, 4) is 0 Å². The summed E-state index contributed by atoms with van der Waals surface area (Å²) < 4.78 is 0. The molecule has 0 aliphatic heterocycles. The molecule has 1 aromatic carbocycles. The van der Waals surface area contributed by atoms with E-state index in [1.807, 2.05) is 19.1 Å². The number of carbonyl (C=O) groups excluding carboxylic acids is 1. The number of aliphatic hydroxyl groups excluding tert-OH is 1. The first-order chi connectivity index (χ1) is 7.13. The molecule has 0 bridgehead atoms. The number of benzene rings is 1. The highest BCUT2D eigenvalue weighted by molar-refractivity contribution is 5.94. The van der Waals surface area contributed by atoms with Gasteiger partial charge in [0.05, 0.1) is 6.10 Å². The van der Waals surface area contributed by atoms with E-state index in [-0.39, 0.29) is 11.9 Å². The van der Waals surface area contributed by atoms with Gasteiger partial charge in [-0.25, -0.2) is 0 Å². The quantitative estimate of drug-likeness (QED) is 0.727. The first-order valence-electron chi connectivity index (χ1n) is 5.16. The zero-order valence-electron chi connectivity index (χ0n) is 9.16. The summed E-state index contributed by atoms with van der Waals surface area (Å²) in [5.41, 5.74) is 1.63. The second-order valence-corrected chi connectivity index (χ2v) is 3.58. The molecule has 0 amide bonds. The Morgan fingerprint density at radius 2 is 2.00 bits per heavy atom. The maximum absolute atomic E-state index is 11.0. The van der Waals surface area contributed by atoms with E-state index in [0.717, 1.165) is 12.1 Å². The van der Waals surface area contributed by atoms with E-state index in [0.29, 0.717) is 12.1 Å². The molecule has 1 aromatic rings. The van der Waals surface area contributed by atoms with Crippen LogP contribution in [0.4, 0.5) is 5.69 Å². The maximum atomic E-state index is 11.0. The lowest BCUT2D eigenvalue weighted by Gasteiger charge is -2.10. The molecule has 82 valence electrons. The largest absolute Gasteiger partial charge is 0.391 e. The van der Waals surface area contributed by atoms with Crippen LogP contribution in [0.15, 0.2) is 24.3 Å². The SMILES string of the molecule is CCC(O)CNc1ccc(C(C)=O)cc1. The number of rotatable bonds is 5. The van der Waals surface area contributed by atoms with Crippen molar-refractivity contribution in [1.29, 1.82) is 0 Å². The molecule has 0 aliphatic carbocycles. The second-order valence-electron chi connectivity index (χ2n) is 3.58. The zero-order valence-corrected chi connectivity index (χ0v) is 9.16. The van der Waals surface area contributed by atoms with Gasteiger partial charge >= 0.3 is 0 Å². The van der Waals surface area contributed by atoms with Crippen molar-refractivity contribution in [3.05, 3.63) is 29.8 Å². The van der Waals surface area contributed by atoms with Gasteiger partial charge in [0.25, 0.3) is 0 Å². The molecule has 0 heterocycles. The van der Waals surface area contributed by atoms with Crippen molar-refractivity contribution in [3.63, 3.8) is 0 Å². The minimum atomic E-state index is -0.322. The van der Waals surface area contributed by atoms with Crippen molar-refractivity contribution in [1.82, 2.24) is 0 Å². The molecule has 0 aromatic heterocycles. The third kappa shape index (κ3) is 3.72. The van der Waals surface area contributed by atoms with Crippen molar-refractivity contribution >= 4 is 11.5 Å². The predicted octanol–water partition coefficient (Wildman–Crippen LogP) is 2.07. The Hall–Kier alpha value is -1.35. The fourth-order valence-electron chi connectivity index (χ4n) is 1.20. The fourth-order valence-corrected chi connectivity index (χ4v) is 1.20. The Morgan fingerprint density at radius 3 is 2.47 bits per heavy atom. The average molecular weight is 207 g/mol. The summed E-state index contributed by atoms with van der Waals surface area (Å²) in [6, 6.07) is 7.25. The summed E-state index contributed by atoms with van der Waals surface area (Å²) in [5.74, 6) is 0.0649. The number of nitrogens with one attached hydrogen (secondary N) is 1. The number of aliphatic hydroxyl groups is 1. The number of carbonyl (C=O) groups is 1. The van der Waals surface area contributed by atoms with Crippen LogP contribution in [-0.4, -0.2) is 23.5 Å². The first-order valence-corrected chi connectivity index (χ1v) is 5.16. The number of Topliss-reactive ketones (excluding diaryl/α,β-unsaturated/α-hetero) is 1. The predicted molar refractivity (Wildman–Crippen MR) is 61.2 cm³/mol. The van der Waals surface area contributed by atoms with Gasteiger partial charge in [0.15, 0.2) is 5.78 Å². The topological polar surface area (TPSA) is 49.3 Å². The standard InChI is InChI=1S/C12H17NO2/c1-3-12(15)8-13-11-6-4-10(5-7-11)9(2)14/h4-7,12-13,15H,3,8H2,1-2H3. The highest BCUT2D eigenvalue weighted by atomic mass is 16.3. The molecule has 0 saturated carbocycles. The lowest BCUT2D eigenvalue weighted by Crippen LogP contribution is -2.18. The molecule has 0 saturated heterocycles. The molecule has 15 heavy (non-hydrogen) atoms.